The molecule has 0 aromatic carbocycles. The smallest absolute Gasteiger partial charge is 0.374 e. The van der Waals surface area contributed by atoms with Crippen LogP contribution in [0.3, 0.4) is 0 Å². The van der Waals surface area contributed by atoms with E-state index in [2.05, 4.69) is 0 Å². The molecule has 0 aromatic rings. The molecule has 2 N–H and O–H groups in total. The van der Waals surface area contributed by atoms with Gasteiger partial charge in [0.05, 0.1) is 0 Å². The number of hydrogen-bond acceptors (Lipinski definition) is 2. The molecule has 0 unspecified atom stereocenters. The van der Waals surface area contributed by atoms with Crippen LogP contribution < -0.4 is 0 Å². The van der Waals surface area contributed by atoms with Crippen molar-refractivity contribution in [1.82, 2.24) is 0 Å². The molecule has 0 aliphatic rings. The summed E-state index contributed by atoms with van der Waals surface area (Å²) in [4.78, 5) is 19.7. The molecule has 0 saturated carbocycles. The third kappa shape index (κ3) is 3.85. The molecule has 6 heteroatoms. The number of carboxylic acid groups (broad SMARTS) is 2. The highest BCUT2D eigenvalue weighted by Gasteiger charge is 2.37. The molecule has 70 valence electrons. The first-order valence-electron chi connectivity index (χ1n) is 3.19. The quantitative estimate of drug-likeness (QED) is 0.664. The van der Waals surface area contributed by atoms with Gasteiger partial charge >= 0.3 is 17.9 Å². The fraction of sp³-hybridized carbons (Fsp3) is 0.667. The summed E-state index contributed by atoms with van der Waals surface area (Å²) in [7, 11) is 0. The van der Waals surface area contributed by atoms with E-state index in [-0.39, 0.29) is 6.42 Å². The highest BCUT2D eigenvalue weighted by Crippen LogP contribution is 2.21. The van der Waals surface area contributed by atoms with Gasteiger partial charge in [0.1, 0.15) is 0 Å². The van der Waals surface area contributed by atoms with Crippen LogP contribution in [0.2, 0.25) is 0 Å². The van der Waals surface area contributed by atoms with Gasteiger partial charge in [-0.2, -0.15) is 8.78 Å². The Bertz CT molecular complexity index is 190. The monoisotopic (exact) mass is 182 g/mol. The standard InChI is InChI=1S/C6H8F2O4/c7-6(8,5(11)12)3-1-2-4(9)10/h1-3H2,(H,9,10)(H,11,12). The fourth-order valence-corrected chi connectivity index (χ4v) is 0.569. The van der Waals surface area contributed by atoms with E-state index in [1.807, 2.05) is 0 Å². The molecule has 0 spiro atoms. The van der Waals surface area contributed by atoms with Crippen molar-refractivity contribution in [3.8, 4) is 0 Å². The molecule has 12 heavy (non-hydrogen) atoms. The zero-order chi connectivity index (χ0) is 9.78. The maximum Gasteiger partial charge on any atom is 0.374 e. The maximum atomic E-state index is 12.2. The van der Waals surface area contributed by atoms with Crippen molar-refractivity contribution in [2.24, 2.45) is 0 Å². The average Bonchev–Trinajstić information content (AvgIpc) is 1.85. The Labute approximate surface area is 66.8 Å². The minimum Gasteiger partial charge on any atom is -0.481 e. The first-order valence-corrected chi connectivity index (χ1v) is 3.19. The first kappa shape index (κ1) is 10.8. The normalized spacial score (nSPS) is 11.2. The van der Waals surface area contributed by atoms with Crippen molar-refractivity contribution in [3.05, 3.63) is 0 Å². The van der Waals surface area contributed by atoms with Crippen molar-refractivity contribution < 1.29 is 28.6 Å². The van der Waals surface area contributed by atoms with E-state index in [0.717, 1.165) is 0 Å². The van der Waals surface area contributed by atoms with E-state index >= 15 is 0 Å². The van der Waals surface area contributed by atoms with Crippen LogP contribution in [-0.4, -0.2) is 28.1 Å². The molecule has 0 fully saturated rings. The SMILES string of the molecule is O=C(O)CCCC(F)(F)C(=O)O. The summed E-state index contributed by atoms with van der Waals surface area (Å²) in [6.07, 6.45) is -1.72. The predicted molar refractivity (Wildman–Crippen MR) is 34.1 cm³/mol. The number of rotatable bonds is 5. The van der Waals surface area contributed by atoms with Gasteiger partial charge in [0.2, 0.25) is 0 Å². The first-order chi connectivity index (χ1) is 5.36. The Morgan fingerprint density at radius 1 is 1.25 bits per heavy atom. The van der Waals surface area contributed by atoms with Gasteiger partial charge < -0.3 is 10.2 Å². The van der Waals surface area contributed by atoms with Crippen LogP contribution in [0.15, 0.2) is 0 Å². The number of alkyl halides is 2. The molecular weight excluding hydrogens is 174 g/mol. The second kappa shape index (κ2) is 3.99. The zero-order valence-corrected chi connectivity index (χ0v) is 6.09. The predicted octanol–water partition coefficient (Wildman–Crippen LogP) is 0.961. The highest BCUT2D eigenvalue weighted by atomic mass is 19.3. The van der Waals surface area contributed by atoms with E-state index in [1.54, 1.807) is 0 Å². The second-order valence-corrected chi connectivity index (χ2v) is 2.26. The van der Waals surface area contributed by atoms with E-state index in [4.69, 9.17) is 10.2 Å². The summed E-state index contributed by atoms with van der Waals surface area (Å²) in [5.74, 6) is -7.24. The van der Waals surface area contributed by atoms with Gasteiger partial charge in [-0.1, -0.05) is 0 Å². The van der Waals surface area contributed by atoms with Crippen LogP contribution >= 0.6 is 0 Å². The largest absolute Gasteiger partial charge is 0.481 e. The third-order valence-electron chi connectivity index (χ3n) is 1.19. The van der Waals surface area contributed by atoms with E-state index in [0.29, 0.717) is 0 Å². The Morgan fingerprint density at radius 2 is 1.75 bits per heavy atom. The van der Waals surface area contributed by atoms with E-state index in [9.17, 15) is 18.4 Å². The maximum absolute atomic E-state index is 12.2. The summed E-state index contributed by atoms with van der Waals surface area (Å²) in [5, 5.41) is 16.0. The Hall–Kier alpha value is -1.20. The molecule has 0 aromatic heterocycles. The lowest BCUT2D eigenvalue weighted by Gasteiger charge is -2.08. The Kier molecular flexibility index (Phi) is 3.59. The second-order valence-electron chi connectivity index (χ2n) is 2.26. The molecule has 0 saturated heterocycles. The molecule has 0 amide bonds. The van der Waals surface area contributed by atoms with E-state index < -0.39 is 30.7 Å². The fourth-order valence-electron chi connectivity index (χ4n) is 0.569. The van der Waals surface area contributed by atoms with Gasteiger partial charge in [-0.25, -0.2) is 4.79 Å². The molecular formula is C6H8F2O4. The van der Waals surface area contributed by atoms with Crippen LogP contribution in [-0.2, 0) is 9.59 Å². The topological polar surface area (TPSA) is 74.6 Å². The molecule has 4 nitrogen and oxygen atoms in total. The number of hydrogen-bond donors (Lipinski definition) is 2. The van der Waals surface area contributed by atoms with Gasteiger partial charge in [-0.3, -0.25) is 4.79 Å². The van der Waals surface area contributed by atoms with Crippen molar-refractivity contribution in [1.29, 1.82) is 0 Å². The minimum atomic E-state index is -3.81. The molecule has 0 aliphatic carbocycles. The Morgan fingerprint density at radius 3 is 2.08 bits per heavy atom. The van der Waals surface area contributed by atoms with Crippen molar-refractivity contribution in [3.63, 3.8) is 0 Å². The van der Waals surface area contributed by atoms with Crippen molar-refractivity contribution in [2.45, 2.75) is 25.2 Å². The lowest BCUT2D eigenvalue weighted by molar-refractivity contribution is -0.166. The third-order valence-corrected chi connectivity index (χ3v) is 1.19. The van der Waals surface area contributed by atoms with Crippen molar-refractivity contribution in [2.75, 3.05) is 0 Å². The molecule has 0 rings (SSSR count). The summed E-state index contributed by atoms with van der Waals surface area (Å²) >= 11 is 0. The van der Waals surface area contributed by atoms with Gasteiger partial charge in [-0.15, -0.1) is 0 Å². The van der Waals surface area contributed by atoms with Crippen LogP contribution in [0, 0.1) is 0 Å². The van der Waals surface area contributed by atoms with Crippen LogP contribution in [0.4, 0.5) is 8.78 Å². The Balaban J connectivity index is 3.76. The number of aliphatic carboxylic acids is 2. The summed E-state index contributed by atoms with van der Waals surface area (Å²) in [6.45, 7) is 0. The molecule has 0 heterocycles. The summed E-state index contributed by atoms with van der Waals surface area (Å²) in [6, 6.07) is 0. The molecule has 0 aliphatic heterocycles. The van der Waals surface area contributed by atoms with Gasteiger partial charge in [-0.05, 0) is 6.42 Å². The summed E-state index contributed by atoms with van der Waals surface area (Å²) < 4.78 is 24.4. The van der Waals surface area contributed by atoms with Gasteiger partial charge in [0, 0.05) is 12.8 Å². The van der Waals surface area contributed by atoms with Gasteiger partial charge in [0.15, 0.2) is 0 Å². The highest BCUT2D eigenvalue weighted by molar-refractivity contribution is 5.75. The lowest BCUT2D eigenvalue weighted by atomic mass is 10.1. The average molecular weight is 182 g/mol. The number of carboxylic acids is 2. The van der Waals surface area contributed by atoms with Crippen LogP contribution in [0.25, 0.3) is 0 Å². The number of halogens is 2. The summed E-state index contributed by atoms with van der Waals surface area (Å²) in [5.41, 5.74) is 0. The van der Waals surface area contributed by atoms with Crippen LogP contribution in [0.5, 0.6) is 0 Å². The van der Waals surface area contributed by atoms with Crippen LogP contribution in [0.1, 0.15) is 19.3 Å². The lowest BCUT2D eigenvalue weighted by Crippen LogP contribution is -2.28. The van der Waals surface area contributed by atoms with E-state index in [1.165, 1.54) is 0 Å². The molecule has 0 bridgehead atoms. The molecule has 0 radical (unpaired) electrons. The molecule has 0 atom stereocenters. The van der Waals surface area contributed by atoms with Crippen molar-refractivity contribution >= 4 is 11.9 Å². The zero-order valence-electron chi connectivity index (χ0n) is 6.09. The van der Waals surface area contributed by atoms with Gasteiger partial charge in [0.25, 0.3) is 0 Å². The number of carbonyl (C=O) groups is 2. The minimum absolute atomic E-state index is 0.339.